The van der Waals surface area contributed by atoms with Gasteiger partial charge in [-0.25, -0.2) is 0 Å². The molecule has 0 fully saturated rings. The van der Waals surface area contributed by atoms with Crippen LogP contribution in [0.1, 0.15) is 328 Å². The van der Waals surface area contributed by atoms with Crippen LogP contribution in [0.15, 0.2) is 12.2 Å². The second-order valence-corrected chi connectivity index (χ2v) is 20.3. The summed E-state index contributed by atoms with van der Waals surface area (Å²) in [4.78, 5) is 24.5. The van der Waals surface area contributed by atoms with Crippen LogP contribution in [0.4, 0.5) is 0 Å². The normalized spacial score (nSPS) is 12.6. The van der Waals surface area contributed by atoms with Gasteiger partial charge in [0.1, 0.15) is 0 Å². The Labute approximate surface area is 406 Å². The lowest BCUT2D eigenvalue weighted by Crippen LogP contribution is -2.45. The number of carbonyl (C=O) groups is 2. The summed E-state index contributed by atoms with van der Waals surface area (Å²) >= 11 is 0. The number of ether oxygens (including phenoxy) is 1. The van der Waals surface area contributed by atoms with Gasteiger partial charge in [0.05, 0.1) is 25.4 Å². The summed E-state index contributed by atoms with van der Waals surface area (Å²) in [5.41, 5.74) is 0. The molecule has 1 amide bonds. The van der Waals surface area contributed by atoms with E-state index in [1.807, 2.05) is 0 Å². The Balaban J connectivity index is 3.41. The molecule has 0 bridgehead atoms. The Hall–Kier alpha value is -1.40. The fourth-order valence-electron chi connectivity index (χ4n) is 9.28. The van der Waals surface area contributed by atoms with Crippen molar-refractivity contribution in [3.8, 4) is 0 Å². The Morgan fingerprint density at radius 3 is 1.09 bits per heavy atom. The maximum absolute atomic E-state index is 12.5. The zero-order chi connectivity index (χ0) is 47.2. The number of amides is 1. The molecule has 3 N–H and O–H groups in total. The molecule has 0 aliphatic heterocycles. The molecular formula is C59H115NO5. The summed E-state index contributed by atoms with van der Waals surface area (Å²) in [6.45, 7) is 4.96. The Kier molecular flexibility index (Phi) is 54.0. The van der Waals surface area contributed by atoms with E-state index in [9.17, 15) is 19.8 Å². The fourth-order valence-corrected chi connectivity index (χ4v) is 9.28. The van der Waals surface area contributed by atoms with E-state index >= 15 is 0 Å². The number of rotatable bonds is 55. The maximum atomic E-state index is 12.5. The average molecular weight is 919 g/mol. The zero-order valence-electron chi connectivity index (χ0n) is 44.0. The summed E-state index contributed by atoms with van der Waals surface area (Å²) < 4.78 is 5.47. The number of aliphatic hydroxyl groups is 2. The highest BCUT2D eigenvalue weighted by atomic mass is 16.5. The largest absolute Gasteiger partial charge is 0.466 e. The minimum absolute atomic E-state index is 0.0111. The first kappa shape index (κ1) is 63.6. The molecule has 386 valence electrons. The first-order valence-corrected chi connectivity index (χ1v) is 29.4. The van der Waals surface area contributed by atoms with Gasteiger partial charge in [-0.05, 0) is 51.4 Å². The van der Waals surface area contributed by atoms with Crippen molar-refractivity contribution in [3.63, 3.8) is 0 Å². The summed E-state index contributed by atoms with van der Waals surface area (Å²) in [6.07, 6.45) is 64.9. The van der Waals surface area contributed by atoms with Gasteiger partial charge in [-0.3, -0.25) is 9.59 Å². The van der Waals surface area contributed by atoms with Crippen molar-refractivity contribution in [3.05, 3.63) is 12.2 Å². The van der Waals surface area contributed by atoms with Crippen LogP contribution in [-0.2, 0) is 14.3 Å². The van der Waals surface area contributed by atoms with Crippen LogP contribution in [0.25, 0.3) is 0 Å². The second-order valence-electron chi connectivity index (χ2n) is 20.3. The highest BCUT2D eigenvalue weighted by Crippen LogP contribution is 2.17. The van der Waals surface area contributed by atoms with Gasteiger partial charge in [0.2, 0.25) is 5.91 Å². The van der Waals surface area contributed by atoms with E-state index < -0.39 is 12.1 Å². The van der Waals surface area contributed by atoms with E-state index in [0.717, 1.165) is 38.5 Å². The number of nitrogens with one attached hydrogen (secondary N) is 1. The lowest BCUT2D eigenvalue weighted by molar-refractivity contribution is -0.143. The molecule has 0 heterocycles. The monoisotopic (exact) mass is 918 g/mol. The minimum Gasteiger partial charge on any atom is -0.466 e. The van der Waals surface area contributed by atoms with E-state index in [0.29, 0.717) is 25.9 Å². The summed E-state index contributed by atoms with van der Waals surface area (Å²) in [6, 6.07) is -0.545. The number of esters is 1. The van der Waals surface area contributed by atoms with Gasteiger partial charge in [-0.2, -0.15) is 0 Å². The molecule has 0 rings (SSSR count). The Morgan fingerprint density at radius 2 is 0.723 bits per heavy atom. The number of carbonyl (C=O) groups excluding carboxylic acids is 2. The first-order valence-electron chi connectivity index (χ1n) is 29.4. The predicted octanol–water partition coefficient (Wildman–Crippen LogP) is 18.1. The van der Waals surface area contributed by atoms with Gasteiger partial charge in [-0.1, -0.05) is 276 Å². The molecule has 0 aromatic heterocycles. The first-order chi connectivity index (χ1) is 32.0. The molecule has 0 aliphatic carbocycles. The van der Waals surface area contributed by atoms with Gasteiger partial charge in [0.25, 0.3) is 0 Å². The third kappa shape index (κ3) is 51.8. The number of allylic oxidation sites excluding steroid dienone is 2. The maximum Gasteiger partial charge on any atom is 0.305 e. The molecule has 2 atom stereocenters. The molecule has 0 aromatic carbocycles. The quantitative estimate of drug-likeness (QED) is 0.0321. The van der Waals surface area contributed by atoms with E-state index in [4.69, 9.17) is 4.74 Å². The molecular weight excluding hydrogens is 803 g/mol. The smallest absolute Gasteiger partial charge is 0.305 e. The number of hydrogen-bond donors (Lipinski definition) is 3. The SMILES string of the molecule is CCCCCCCCCCCCCCCCC(O)C(CO)NC(=O)CCCCCCCCC/C=C\CCCCCCCCCCCCCOC(=O)CCCCCCCCCCCCCC. The zero-order valence-corrected chi connectivity index (χ0v) is 44.0. The fraction of sp³-hybridized carbons (Fsp3) is 0.932. The van der Waals surface area contributed by atoms with Crippen LogP contribution in [0.2, 0.25) is 0 Å². The average Bonchev–Trinajstić information content (AvgIpc) is 3.31. The van der Waals surface area contributed by atoms with Crippen LogP contribution >= 0.6 is 0 Å². The van der Waals surface area contributed by atoms with E-state index in [1.54, 1.807) is 0 Å². The van der Waals surface area contributed by atoms with Crippen molar-refractivity contribution < 1.29 is 24.5 Å². The Morgan fingerprint density at radius 1 is 0.415 bits per heavy atom. The summed E-state index contributed by atoms with van der Waals surface area (Å²) in [5, 5.41) is 23.2. The van der Waals surface area contributed by atoms with Crippen molar-refractivity contribution in [1.82, 2.24) is 5.32 Å². The van der Waals surface area contributed by atoms with Crippen LogP contribution in [0.5, 0.6) is 0 Å². The minimum atomic E-state index is -0.667. The third-order valence-electron chi connectivity index (χ3n) is 13.8. The molecule has 0 aliphatic rings. The predicted molar refractivity (Wildman–Crippen MR) is 283 cm³/mol. The number of hydrogen-bond acceptors (Lipinski definition) is 5. The van der Waals surface area contributed by atoms with Crippen molar-refractivity contribution >= 4 is 11.9 Å². The van der Waals surface area contributed by atoms with Crippen molar-refractivity contribution in [1.29, 1.82) is 0 Å². The lowest BCUT2D eigenvalue weighted by Gasteiger charge is -2.22. The second kappa shape index (κ2) is 55.2. The third-order valence-corrected chi connectivity index (χ3v) is 13.8. The van der Waals surface area contributed by atoms with Gasteiger partial charge >= 0.3 is 5.97 Å². The van der Waals surface area contributed by atoms with Gasteiger partial charge in [0.15, 0.2) is 0 Å². The molecule has 0 aromatic rings. The Bertz CT molecular complexity index is 970. The highest BCUT2D eigenvalue weighted by molar-refractivity contribution is 5.76. The van der Waals surface area contributed by atoms with E-state index in [1.165, 1.54) is 257 Å². The van der Waals surface area contributed by atoms with E-state index in [-0.39, 0.29) is 18.5 Å². The molecule has 2 unspecified atom stereocenters. The van der Waals surface area contributed by atoms with Gasteiger partial charge < -0.3 is 20.3 Å². The van der Waals surface area contributed by atoms with Crippen LogP contribution in [0.3, 0.4) is 0 Å². The van der Waals surface area contributed by atoms with Crippen LogP contribution in [0, 0.1) is 0 Å². The van der Waals surface area contributed by atoms with Crippen LogP contribution < -0.4 is 5.32 Å². The summed E-state index contributed by atoms with van der Waals surface area (Å²) in [5.74, 6) is -0.0292. The van der Waals surface area contributed by atoms with Crippen LogP contribution in [-0.4, -0.2) is 47.4 Å². The molecule has 0 radical (unpaired) electrons. The topological polar surface area (TPSA) is 95.9 Å². The summed E-state index contributed by atoms with van der Waals surface area (Å²) in [7, 11) is 0. The highest BCUT2D eigenvalue weighted by Gasteiger charge is 2.20. The van der Waals surface area contributed by atoms with Gasteiger partial charge in [-0.15, -0.1) is 0 Å². The van der Waals surface area contributed by atoms with E-state index in [2.05, 4.69) is 31.3 Å². The molecule has 6 nitrogen and oxygen atoms in total. The van der Waals surface area contributed by atoms with Crippen molar-refractivity contribution in [2.75, 3.05) is 13.2 Å². The number of aliphatic hydroxyl groups excluding tert-OH is 2. The lowest BCUT2D eigenvalue weighted by atomic mass is 10.0. The van der Waals surface area contributed by atoms with Crippen molar-refractivity contribution in [2.45, 2.75) is 341 Å². The molecule has 65 heavy (non-hydrogen) atoms. The van der Waals surface area contributed by atoms with Crippen molar-refractivity contribution in [2.24, 2.45) is 0 Å². The number of unbranched alkanes of at least 4 members (excludes halogenated alkanes) is 42. The molecule has 0 saturated heterocycles. The molecule has 0 saturated carbocycles. The standard InChI is InChI=1S/C59H115NO5/c1-3-5-7-9-11-13-15-17-28-31-35-39-43-47-51-57(62)56(55-61)60-58(63)52-48-44-40-36-32-29-26-24-22-20-18-19-21-23-25-27-30-34-38-42-46-50-54-65-59(64)53-49-45-41-37-33-16-14-12-10-8-6-4-2/h20,22,56-57,61-62H,3-19,21,23-55H2,1-2H3,(H,60,63)/b22-20-. The van der Waals surface area contributed by atoms with Gasteiger partial charge in [0, 0.05) is 12.8 Å². The molecule has 0 spiro atoms. The molecule has 6 heteroatoms.